The molecule has 0 amide bonds. The molecule has 3 aromatic rings. The Morgan fingerprint density at radius 3 is 2.36 bits per heavy atom. The summed E-state index contributed by atoms with van der Waals surface area (Å²) in [4.78, 5) is 4.28. The normalized spacial score (nSPS) is 12.1. The van der Waals surface area contributed by atoms with E-state index in [2.05, 4.69) is 28.6 Å². The summed E-state index contributed by atoms with van der Waals surface area (Å²) in [6.45, 7) is 2.14. The Kier molecular flexibility index (Phi) is 4.16. The van der Waals surface area contributed by atoms with Crippen LogP contribution < -0.4 is 4.74 Å². The molecule has 0 radical (unpaired) electrons. The van der Waals surface area contributed by atoms with Crippen LogP contribution in [-0.2, 0) is 0 Å². The van der Waals surface area contributed by atoms with Gasteiger partial charge in [-0.25, -0.2) is 4.98 Å². The third-order valence-electron chi connectivity index (χ3n) is 3.81. The molecule has 3 rings (SSSR count). The largest absolute Gasteiger partial charge is 0.497 e. The van der Waals surface area contributed by atoms with Gasteiger partial charge in [0, 0.05) is 5.56 Å². The fourth-order valence-electron chi connectivity index (χ4n) is 2.54. The molecule has 3 nitrogen and oxygen atoms in total. The molecule has 112 valence electrons. The van der Waals surface area contributed by atoms with Crippen LogP contribution >= 0.6 is 11.6 Å². The number of benzene rings is 2. The van der Waals surface area contributed by atoms with Gasteiger partial charge in [0.1, 0.15) is 5.75 Å². The van der Waals surface area contributed by atoms with E-state index in [1.807, 2.05) is 42.5 Å². The molecule has 0 aliphatic rings. The minimum Gasteiger partial charge on any atom is -0.497 e. The van der Waals surface area contributed by atoms with Crippen LogP contribution in [0.3, 0.4) is 0 Å². The van der Waals surface area contributed by atoms with Crippen molar-refractivity contribution in [3.05, 3.63) is 71.6 Å². The number of methoxy groups -OCH3 is 1. The maximum atomic E-state index is 6.32. The van der Waals surface area contributed by atoms with Gasteiger partial charge in [-0.15, -0.1) is 0 Å². The lowest BCUT2D eigenvalue weighted by Crippen LogP contribution is -2.07. The number of nitrogens with zero attached hydrogens (tertiary/aromatic N) is 2. The van der Waals surface area contributed by atoms with Crippen molar-refractivity contribution < 1.29 is 4.74 Å². The first-order valence-corrected chi connectivity index (χ1v) is 7.50. The number of halogens is 1. The smallest absolute Gasteiger partial charge is 0.155 e. The minimum absolute atomic E-state index is 0.151. The van der Waals surface area contributed by atoms with E-state index in [1.165, 1.54) is 5.56 Å². The first-order valence-electron chi connectivity index (χ1n) is 7.12. The summed E-state index contributed by atoms with van der Waals surface area (Å²) >= 11 is 6.32. The zero-order valence-electron chi connectivity index (χ0n) is 12.5. The first kappa shape index (κ1) is 14.7. The van der Waals surface area contributed by atoms with E-state index in [9.17, 15) is 0 Å². The summed E-state index contributed by atoms with van der Waals surface area (Å²) in [5, 5.41) is 0.507. The third-order valence-corrected chi connectivity index (χ3v) is 4.09. The molecule has 0 saturated carbocycles. The Labute approximate surface area is 135 Å². The first-order chi connectivity index (χ1) is 10.7. The summed E-state index contributed by atoms with van der Waals surface area (Å²) in [6, 6.07) is 18.3. The van der Waals surface area contributed by atoms with Gasteiger partial charge in [0.05, 0.1) is 25.2 Å². The molecule has 2 aromatic carbocycles. The van der Waals surface area contributed by atoms with Crippen LogP contribution in [0.5, 0.6) is 5.75 Å². The highest BCUT2D eigenvalue weighted by atomic mass is 35.5. The van der Waals surface area contributed by atoms with E-state index in [4.69, 9.17) is 16.3 Å². The monoisotopic (exact) mass is 312 g/mol. The number of ether oxygens (including phenoxy) is 1. The quantitative estimate of drug-likeness (QED) is 0.690. The summed E-state index contributed by atoms with van der Waals surface area (Å²) in [6.07, 6.45) is 1.79. The Morgan fingerprint density at radius 1 is 1.05 bits per heavy atom. The Morgan fingerprint density at radius 2 is 1.73 bits per heavy atom. The predicted molar refractivity (Wildman–Crippen MR) is 89.5 cm³/mol. The average molecular weight is 313 g/mol. The van der Waals surface area contributed by atoms with Gasteiger partial charge in [-0.2, -0.15) is 0 Å². The van der Waals surface area contributed by atoms with E-state index in [0.29, 0.717) is 5.15 Å². The van der Waals surface area contributed by atoms with Gasteiger partial charge >= 0.3 is 0 Å². The number of hydrogen-bond acceptors (Lipinski definition) is 2. The predicted octanol–water partition coefficient (Wildman–Crippen LogP) is 4.82. The maximum Gasteiger partial charge on any atom is 0.155 e. The third kappa shape index (κ3) is 2.72. The van der Waals surface area contributed by atoms with E-state index in [-0.39, 0.29) is 6.04 Å². The zero-order chi connectivity index (χ0) is 15.5. The molecular formula is C18H17ClN2O. The number of aromatic nitrogens is 2. The zero-order valence-corrected chi connectivity index (χ0v) is 13.3. The summed E-state index contributed by atoms with van der Waals surface area (Å²) in [7, 11) is 1.66. The fraction of sp³-hybridized carbons (Fsp3) is 0.167. The van der Waals surface area contributed by atoms with Crippen molar-refractivity contribution in [3.63, 3.8) is 0 Å². The molecule has 4 heteroatoms. The molecule has 1 aromatic heterocycles. The second-order valence-electron chi connectivity index (χ2n) is 5.11. The van der Waals surface area contributed by atoms with Crippen LogP contribution in [0.1, 0.15) is 18.5 Å². The highest BCUT2D eigenvalue weighted by Gasteiger charge is 2.17. The Balaban J connectivity index is 2.03. The molecule has 0 saturated heterocycles. The van der Waals surface area contributed by atoms with Crippen molar-refractivity contribution >= 4 is 11.6 Å². The van der Waals surface area contributed by atoms with Crippen LogP contribution in [0.25, 0.3) is 11.3 Å². The molecule has 22 heavy (non-hydrogen) atoms. The van der Waals surface area contributed by atoms with Gasteiger partial charge in [-0.3, -0.25) is 0 Å². The van der Waals surface area contributed by atoms with Crippen LogP contribution in [0, 0.1) is 0 Å². The fourth-order valence-corrected chi connectivity index (χ4v) is 2.79. The van der Waals surface area contributed by atoms with Gasteiger partial charge in [0.2, 0.25) is 0 Å². The molecule has 0 spiro atoms. The van der Waals surface area contributed by atoms with Gasteiger partial charge < -0.3 is 9.30 Å². The van der Waals surface area contributed by atoms with Crippen LogP contribution in [0.4, 0.5) is 0 Å². The lowest BCUT2D eigenvalue weighted by Gasteiger charge is -2.17. The maximum absolute atomic E-state index is 6.32. The van der Waals surface area contributed by atoms with Crippen LogP contribution in [-0.4, -0.2) is 16.7 Å². The Hall–Kier alpha value is -2.26. The van der Waals surface area contributed by atoms with Crippen LogP contribution in [0.2, 0.25) is 5.15 Å². The summed E-state index contributed by atoms with van der Waals surface area (Å²) in [5.41, 5.74) is 3.15. The molecule has 1 heterocycles. The van der Waals surface area contributed by atoms with E-state index >= 15 is 0 Å². The number of imidazole rings is 1. The van der Waals surface area contributed by atoms with Gasteiger partial charge in [-0.05, 0) is 36.8 Å². The number of hydrogen-bond donors (Lipinski definition) is 0. The molecule has 0 aliphatic carbocycles. The van der Waals surface area contributed by atoms with Gasteiger partial charge in [0.25, 0.3) is 0 Å². The van der Waals surface area contributed by atoms with Crippen molar-refractivity contribution in [1.82, 2.24) is 9.55 Å². The lowest BCUT2D eigenvalue weighted by atomic mass is 10.1. The average Bonchev–Trinajstić information content (AvgIpc) is 2.96. The van der Waals surface area contributed by atoms with E-state index in [1.54, 1.807) is 13.4 Å². The van der Waals surface area contributed by atoms with Gasteiger partial charge in [-0.1, -0.05) is 41.9 Å². The molecule has 1 atom stereocenters. The van der Waals surface area contributed by atoms with Crippen LogP contribution in [0.15, 0.2) is 60.9 Å². The molecular weight excluding hydrogens is 296 g/mol. The molecule has 0 bridgehead atoms. The summed E-state index contributed by atoms with van der Waals surface area (Å²) < 4.78 is 7.31. The van der Waals surface area contributed by atoms with Crippen molar-refractivity contribution in [1.29, 1.82) is 0 Å². The van der Waals surface area contributed by atoms with Crippen molar-refractivity contribution in [3.8, 4) is 17.0 Å². The SMILES string of the molecule is COc1ccc(-c2c(Cl)ncn2[C@H](C)c2ccccc2)cc1. The molecule has 0 fully saturated rings. The second kappa shape index (κ2) is 6.24. The second-order valence-corrected chi connectivity index (χ2v) is 5.46. The van der Waals surface area contributed by atoms with Crippen molar-refractivity contribution in [2.24, 2.45) is 0 Å². The van der Waals surface area contributed by atoms with Gasteiger partial charge in [0.15, 0.2) is 5.15 Å². The van der Waals surface area contributed by atoms with Crippen molar-refractivity contribution in [2.45, 2.75) is 13.0 Å². The van der Waals surface area contributed by atoms with E-state index in [0.717, 1.165) is 17.0 Å². The molecule has 0 unspecified atom stereocenters. The highest BCUT2D eigenvalue weighted by Crippen LogP contribution is 2.32. The van der Waals surface area contributed by atoms with Crippen molar-refractivity contribution in [2.75, 3.05) is 7.11 Å². The minimum atomic E-state index is 0.151. The topological polar surface area (TPSA) is 27.1 Å². The standard InChI is InChI=1S/C18H17ClN2O/c1-13(14-6-4-3-5-7-14)21-12-20-18(19)17(21)15-8-10-16(22-2)11-9-15/h3-13H,1-2H3/t13-/m1/s1. The highest BCUT2D eigenvalue weighted by molar-refractivity contribution is 6.31. The summed E-state index contributed by atoms with van der Waals surface area (Å²) in [5.74, 6) is 0.821. The molecule has 0 aliphatic heterocycles. The number of rotatable bonds is 4. The lowest BCUT2D eigenvalue weighted by molar-refractivity contribution is 0.415. The molecule has 0 N–H and O–H groups in total. The Bertz CT molecular complexity index is 751. The van der Waals surface area contributed by atoms with E-state index < -0.39 is 0 Å².